The topological polar surface area (TPSA) is 52.4 Å². The van der Waals surface area contributed by atoms with Gasteiger partial charge in [-0.1, -0.05) is 12.8 Å². The molecule has 1 aromatic carbocycles. The quantitative estimate of drug-likeness (QED) is 0.849. The predicted octanol–water partition coefficient (Wildman–Crippen LogP) is 2.84. The van der Waals surface area contributed by atoms with Crippen molar-refractivity contribution in [3.8, 4) is 22.9 Å². The third-order valence-electron chi connectivity index (χ3n) is 5.74. The maximum absolute atomic E-state index is 5.48. The van der Waals surface area contributed by atoms with Crippen molar-refractivity contribution in [3.05, 3.63) is 18.2 Å². The lowest BCUT2D eigenvalue weighted by Crippen LogP contribution is -2.23. The Labute approximate surface area is 141 Å². The summed E-state index contributed by atoms with van der Waals surface area (Å²) in [5.41, 5.74) is 1.01. The van der Waals surface area contributed by atoms with Gasteiger partial charge < -0.3 is 14.4 Å². The first-order valence-electron chi connectivity index (χ1n) is 8.84. The molecule has 2 aromatic rings. The van der Waals surface area contributed by atoms with E-state index in [2.05, 4.69) is 26.7 Å². The largest absolute Gasteiger partial charge is 0.454 e. The number of hydrogen-bond donors (Lipinski definition) is 0. The van der Waals surface area contributed by atoms with Gasteiger partial charge in [0.15, 0.2) is 17.3 Å². The minimum atomic E-state index is 0.291. The molecular weight excluding hydrogens is 304 g/mol. The van der Waals surface area contributed by atoms with Crippen molar-refractivity contribution in [2.75, 3.05) is 24.8 Å². The van der Waals surface area contributed by atoms with Gasteiger partial charge >= 0.3 is 0 Å². The van der Waals surface area contributed by atoms with Crippen LogP contribution in [0.4, 0.5) is 5.95 Å². The smallest absolute Gasteiger partial charge is 0.231 e. The number of hydrogen-bond acceptors (Lipinski definition) is 5. The summed E-state index contributed by atoms with van der Waals surface area (Å²) in [4.78, 5) is 2.42. The molecule has 0 N–H and O–H groups in total. The standard InChI is InChI=1S/C18H22N4O2/c1-21-17(12-6-7-15-16(8-12)24-11-23-15)19-20-18(21)22-9-13-4-2-3-5-14(13)10-22/h6-8,13-14H,2-5,9-11H2,1H3/t13-,14+. The summed E-state index contributed by atoms with van der Waals surface area (Å²) in [6, 6.07) is 5.95. The van der Waals surface area contributed by atoms with Crippen molar-refractivity contribution < 1.29 is 9.47 Å². The van der Waals surface area contributed by atoms with E-state index in [1.54, 1.807) is 0 Å². The molecule has 2 aliphatic heterocycles. The first kappa shape index (κ1) is 14.1. The zero-order valence-corrected chi connectivity index (χ0v) is 13.9. The van der Waals surface area contributed by atoms with Crippen molar-refractivity contribution in [1.82, 2.24) is 14.8 Å². The summed E-state index contributed by atoms with van der Waals surface area (Å²) < 4.78 is 13.0. The molecule has 0 amide bonds. The Hall–Kier alpha value is -2.24. The van der Waals surface area contributed by atoms with Crippen LogP contribution in [0.15, 0.2) is 18.2 Å². The van der Waals surface area contributed by atoms with Gasteiger partial charge in [0, 0.05) is 25.7 Å². The third kappa shape index (κ3) is 2.16. The summed E-state index contributed by atoms with van der Waals surface area (Å²) in [7, 11) is 2.05. The monoisotopic (exact) mass is 326 g/mol. The minimum Gasteiger partial charge on any atom is -0.454 e. The van der Waals surface area contributed by atoms with Crippen molar-refractivity contribution in [3.63, 3.8) is 0 Å². The average molecular weight is 326 g/mol. The second-order valence-corrected chi connectivity index (χ2v) is 7.16. The number of aromatic nitrogens is 3. The lowest BCUT2D eigenvalue weighted by Gasteiger charge is -2.22. The fourth-order valence-corrected chi connectivity index (χ4v) is 4.45. The van der Waals surface area contributed by atoms with E-state index >= 15 is 0 Å². The van der Waals surface area contributed by atoms with Crippen LogP contribution in [-0.2, 0) is 7.05 Å². The molecule has 3 heterocycles. The molecule has 2 fully saturated rings. The molecule has 0 spiro atoms. The molecule has 6 heteroatoms. The number of anilines is 1. The number of fused-ring (bicyclic) bond motifs is 2. The van der Waals surface area contributed by atoms with Crippen molar-refractivity contribution in [2.24, 2.45) is 18.9 Å². The van der Waals surface area contributed by atoms with Crippen LogP contribution < -0.4 is 14.4 Å². The highest BCUT2D eigenvalue weighted by molar-refractivity contribution is 5.63. The van der Waals surface area contributed by atoms with Crippen LogP contribution >= 0.6 is 0 Å². The highest BCUT2D eigenvalue weighted by atomic mass is 16.7. The third-order valence-corrected chi connectivity index (χ3v) is 5.74. The average Bonchev–Trinajstić information content (AvgIpc) is 3.31. The van der Waals surface area contributed by atoms with E-state index in [9.17, 15) is 0 Å². The van der Waals surface area contributed by atoms with Crippen LogP contribution in [0.5, 0.6) is 11.5 Å². The predicted molar refractivity (Wildman–Crippen MR) is 90.2 cm³/mol. The summed E-state index contributed by atoms with van der Waals surface area (Å²) >= 11 is 0. The number of benzene rings is 1. The highest BCUT2D eigenvalue weighted by Gasteiger charge is 2.36. The van der Waals surface area contributed by atoms with E-state index in [1.807, 2.05) is 18.2 Å². The second kappa shape index (κ2) is 5.40. The van der Waals surface area contributed by atoms with Gasteiger partial charge in [0.1, 0.15) is 0 Å². The van der Waals surface area contributed by atoms with E-state index < -0.39 is 0 Å². The molecule has 1 saturated heterocycles. The normalized spacial score (nSPS) is 25.1. The van der Waals surface area contributed by atoms with E-state index in [4.69, 9.17) is 9.47 Å². The maximum atomic E-state index is 5.48. The van der Waals surface area contributed by atoms with E-state index in [0.29, 0.717) is 6.79 Å². The fourth-order valence-electron chi connectivity index (χ4n) is 4.45. The van der Waals surface area contributed by atoms with E-state index in [-0.39, 0.29) is 0 Å². The van der Waals surface area contributed by atoms with Gasteiger partial charge in [-0.3, -0.25) is 4.57 Å². The van der Waals surface area contributed by atoms with Crippen LogP contribution in [-0.4, -0.2) is 34.6 Å². The highest BCUT2D eigenvalue weighted by Crippen LogP contribution is 2.39. The van der Waals surface area contributed by atoms with Gasteiger partial charge in [-0.2, -0.15) is 0 Å². The summed E-state index contributed by atoms with van der Waals surface area (Å²) in [6.45, 7) is 2.54. The summed E-state index contributed by atoms with van der Waals surface area (Å²) in [6.07, 6.45) is 5.51. The molecule has 1 aromatic heterocycles. The fraction of sp³-hybridized carbons (Fsp3) is 0.556. The van der Waals surface area contributed by atoms with Gasteiger partial charge in [-0.15, -0.1) is 10.2 Å². The molecule has 6 nitrogen and oxygen atoms in total. The van der Waals surface area contributed by atoms with E-state index in [1.165, 1.54) is 25.7 Å². The van der Waals surface area contributed by atoms with Crippen molar-refractivity contribution in [2.45, 2.75) is 25.7 Å². The lowest BCUT2D eigenvalue weighted by molar-refractivity contribution is 0.174. The first-order valence-corrected chi connectivity index (χ1v) is 8.84. The minimum absolute atomic E-state index is 0.291. The van der Waals surface area contributed by atoms with Crippen LogP contribution in [0, 0.1) is 11.8 Å². The van der Waals surface area contributed by atoms with Crippen LogP contribution in [0.3, 0.4) is 0 Å². The molecule has 3 aliphatic rings. The van der Waals surface area contributed by atoms with Crippen LogP contribution in [0.2, 0.25) is 0 Å². The molecule has 126 valence electrons. The van der Waals surface area contributed by atoms with Gasteiger partial charge in [0.05, 0.1) is 0 Å². The van der Waals surface area contributed by atoms with Gasteiger partial charge in [0.25, 0.3) is 0 Å². The molecule has 2 atom stereocenters. The Bertz CT molecular complexity index is 758. The molecule has 1 aliphatic carbocycles. The molecule has 24 heavy (non-hydrogen) atoms. The zero-order valence-electron chi connectivity index (χ0n) is 13.9. The summed E-state index contributed by atoms with van der Waals surface area (Å²) in [5, 5.41) is 8.94. The second-order valence-electron chi connectivity index (χ2n) is 7.16. The van der Waals surface area contributed by atoms with Crippen LogP contribution in [0.25, 0.3) is 11.4 Å². The number of rotatable bonds is 2. The Balaban J connectivity index is 1.44. The van der Waals surface area contributed by atoms with Gasteiger partial charge in [0.2, 0.25) is 12.7 Å². The molecule has 0 unspecified atom stereocenters. The zero-order chi connectivity index (χ0) is 16.1. The number of nitrogens with zero attached hydrogens (tertiary/aromatic N) is 4. The van der Waals surface area contributed by atoms with Gasteiger partial charge in [-0.05, 0) is 42.9 Å². The van der Waals surface area contributed by atoms with Crippen LogP contribution in [0.1, 0.15) is 25.7 Å². The Morgan fingerprint density at radius 3 is 2.54 bits per heavy atom. The lowest BCUT2D eigenvalue weighted by atomic mass is 9.82. The molecule has 1 saturated carbocycles. The molecule has 5 rings (SSSR count). The van der Waals surface area contributed by atoms with E-state index in [0.717, 1.165) is 53.8 Å². The Morgan fingerprint density at radius 2 is 1.75 bits per heavy atom. The first-order chi connectivity index (χ1) is 11.8. The SMILES string of the molecule is Cn1c(-c2ccc3c(c2)OCO3)nnc1N1C[C@H]2CCCC[C@H]2C1. The molecule has 0 bridgehead atoms. The van der Waals surface area contributed by atoms with Crippen molar-refractivity contribution in [1.29, 1.82) is 0 Å². The molecule has 0 radical (unpaired) electrons. The molecular formula is C18H22N4O2. The van der Waals surface area contributed by atoms with Crippen molar-refractivity contribution >= 4 is 5.95 Å². The van der Waals surface area contributed by atoms with Gasteiger partial charge in [-0.25, -0.2) is 0 Å². The maximum Gasteiger partial charge on any atom is 0.231 e. The Morgan fingerprint density at radius 1 is 1.00 bits per heavy atom. The Kier molecular flexibility index (Phi) is 3.18. The number of ether oxygens (including phenoxy) is 2. The summed E-state index contributed by atoms with van der Waals surface area (Å²) in [5.74, 6) is 5.11.